The topological polar surface area (TPSA) is 42.7 Å². The van der Waals surface area contributed by atoms with Gasteiger partial charge in [0, 0.05) is 26.0 Å². The molecule has 0 radical (unpaired) electrons. The Labute approximate surface area is 80.2 Å². The smallest absolute Gasteiger partial charge is 0.205 e. The van der Waals surface area contributed by atoms with Gasteiger partial charge in [0.2, 0.25) is 5.13 Å². The average molecular weight is 194 g/mol. The van der Waals surface area contributed by atoms with Gasteiger partial charge in [-0.3, -0.25) is 0 Å². The van der Waals surface area contributed by atoms with Crippen LogP contribution in [0.4, 0.5) is 5.13 Å². The third kappa shape index (κ3) is 2.06. The fraction of sp³-hybridized carbons (Fsp3) is 0.250. The minimum absolute atomic E-state index is 0.802. The molecule has 2 heterocycles. The number of anilines is 1. The van der Waals surface area contributed by atoms with E-state index < -0.39 is 0 Å². The van der Waals surface area contributed by atoms with E-state index in [0.29, 0.717) is 0 Å². The zero-order valence-electron chi connectivity index (χ0n) is 7.27. The summed E-state index contributed by atoms with van der Waals surface area (Å²) in [7, 11) is 2.01. The monoisotopic (exact) mass is 194 g/mol. The molecule has 0 aliphatic rings. The Morgan fingerprint density at radius 2 is 2.54 bits per heavy atom. The van der Waals surface area contributed by atoms with E-state index in [-0.39, 0.29) is 0 Å². The molecule has 0 aromatic carbocycles. The second-order valence-corrected chi connectivity index (χ2v) is 3.62. The number of hydrogen-bond acceptors (Lipinski definition) is 4. The lowest BCUT2D eigenvalue weighted by atomic mass is 10.3. The molecule has 2 rings (SSSR count). The maximum Gasteiger partial charge on any atom is 0.205 e. The molecule has 2 aromatic heterocycles. The van der Waals surface area contributed by atoms with Crippen molar-refractivity contribution in [3.05, 3.63) is 29.5 Å². The van der Waals surface area contributed by atoms with Crippen molar-refractivity contribution in [2.75, 3.05) is 5.32 Å². The highest BCUT2D eigenvalue weighted by Crippen LogP contribution is 2.10. The van der Waals surface area contributed by atoms with E-state index in [1.54, 1.807) is 5.51 Å². The van der Waals surface area contributed by atoms with Crippen LogP contribution in [-0.2, 0) is 13.6 Å². The SMILES string of the molecule is Cn1ccc(CNc2nncs2)c1. The van der Waals surface area contributed by atoms with Crippen LogP contribution < -0.4 is 5.32 Å². The number of nitrogens with zero attached hydrogens (tertiary/aromatic N) is 3. The van der Waals surface area contributed by atoms with Gasteiger partial charge in [-0.15, -0.1) is 10.2 Å². The number of rotatable bonds is 3. The third-order valence-electron chi connectivity index (χ3n) is 1.70. The highest BCUT2D eigenvalue weighted by molar-refractivity contribution is 7.13. The van der Waals surface area contributed by atoms with Gasteiger partial charge in [-0.2, -0.15) is 0 Å². The zero-order chi connectivity index (χ0) is 9.10. The fourth-order valence-corrected chi connectivity index (χ4v) is 1.54. The van der Waals surface area contributed by atoms with Crippen molar-refractivity contribution in [3.63, 3.8) is 0 Å². The van der Waals surface area contributed by atoms with Crippen LogP contribution in [0.15, 0.2) is 24.0 Å². The van der Waals surface area contributed by atoms with Crippen molar-refractivity contribution in [2.45, 2.75) is 6.54 Å². The Balaban J connectivity index is 1.93. The Bertz CT molecular complexity index is 365. The van der Waals surface area contributed by atoms with Crippen LogP contribution in [0.1, 0.15) is 5.56 Å². The highest BCUT2D eigenvalue weighted by atomic mass is 32.1. The van der Waals surface area contributed by atoms with Gasteiger partial charge >= 0.3 is 0 Å². The predicted octanol–water partition coefficient (Wildman–Crippen LogP) is 1.49. The van der Waals surface area contributed by atoms with Crippen molar-refractivity contribution < 1.29 is 0 Å². The van der Waals surface area contributed by atoms with Crippen LogP contribution in [0.3, 0.4) is 0 Å². The summed E-state index contributed by atoms with van der Waals surface area (Å²) in [4.78, 5) is 0. The number of aromatic nitrogens is 3. The molecule has 0 aliphatic carbocycles. The predicted molar refractivity (Wildman–Crippen MR) is 52.6 cm³/mol. The lowest BCUT2D eigenvalue weighted by molar-refractivity contribution is 0.919. The van der Waals surface area contributed by atoms with E-state index in [1.807, 2.05) is 17.8 Å². The molecule has 0 saturated carbocycles. The summed E-state index contributed by atoms with van der Waals surface area (Å²) >= 11 is 1.51. The lowest BCUT2D eigenvalue weighted by Gasteiger charge is -1.97. The van der Waals surface area contributed by atoms with E-state index in [1.165, 1.54) is 16.9 Å². The molecule has 13 heavy (non-hydrogen) atoms. The first-order valence-corrected chi connectivity index (χ1v) is 4.83. The Morgan fingerprint density at radius 3 is 3.15 bits per heavy atom. The van der Waals surface area contributed by atoms with Gasteiger partial charge in [-0.25, -0.2) is 0 Å². The molecule has 68 valence electrons. The minimum atomic E-state index is 0.802. The lowest BCUT2D eigenvalue weighted by Crippen LogP contribution is -1.97. The summed E-state index contributed by atoms with van der Waals surface area (Å²) in [6, 6.07) is 2.08. The van der Waals surface area contributed by atoms with Crippen LogP contribution in [0.2, 0.25) is 0 Å². The molecule has 0 aliphatic heterocycles. The molecule has 0 unspecified atom stereocenters. The molecule has 0 bridgehead atoms. The molecule has 0 atom stereocenters. The van der Waals surface area contributed by atoms with Crippen LogP contribution in [0.5, 0.6) is 0 Å². The van der Waals surface area contributed by atoms with Crippen LogP contribution in [0.25, 0.3) is 0 Å². The first-order valence-electron chi connectivity index (χ1n) is 3.95. The summed E-state index contributed by atoms with van der Waals surface area (Å²) in [5, 5.41) is 11.7. The van der Waals surface area contributed by atoms with Crippen molar-refractivity contribution in [3.8, 4) is 0 Å². The number of hydrogen-bond donors (Lipinski definition) is 1. The molecule has 5 heteroatoms. The van der Waals surface area contributed by atoms with Crippen molar-refractivity contribution in [1.82, 2.24) is 14.8 Å². The fourth-order valence-electron chi connectivity index (χ4n) is 1.09. The standard InChI is InChI=1S/C8H10N4S/c1-12-3-2-7(5-12)4-9-8-11-10-6-13-8/h2-3,5-6H,4H2,1H3,(H,9,11). The van der Waals surface area contributed by atoms with E-state index >= 15 is 0 Å². The maximum atomic E-state index is 3.89. The quantitative estimate of drug-likeness (QED) is 0.805. The molecule has 0 saturated heterocycles. The average Bonchev–Trinajstić information content (AvgIpc) is 2.71. The second-order valence-electron chi connectivity index (χ2n) is 2.78. The Hall–Kier alpha value is -1.36. The molecule has 0 spiro atoms. The van der Waals surface area contributed by atoms with Gasteiger partial charge in [0.25, 0.3) is 0 Å². The highest BCUT2D eigenvalue weighted by Gasteiger charge is 1.96. The molecule has 2 aromatic rings. The minimum Gasteiger partial charge on any atom is -0.357 e. The Morgan fingerprint density at radius 1 is 1.62 bits per heavy atom. The molecule has 0 fully saturated rings. The summed E-state index contributed by atoms with van der Waals surface area (Å²) < 4.78 is 2.02. The third-order valence-corrected chi connectivity index (χ3v) is 2.35. The largest absolute Gasteiger partial charge is 0.357 e. The van der Waals surface area contributed by atoms with Gasteiger partial charge in [0.15, 0.2) is 0 Å². The molecule has 1 N–H and O–H groups in total. The summed E-state index contributed by atoms with van der Waals surface area (Å²) in [6.45, 7) is 0.802. The van der Waals surface area contributed by atoms with E-state index in [4.69, 9.17) is 0 Å². The van der Waals surface area contributed by atoms with Crippen LogP contribution >= 0.6 is 11.3 Å². The van der Waals surface area contributed by atoms with E-state index in [2.05, 4.69) is 27.8 Å². The molecular weight excluding hydrogens is 184 g/mol. The van der Waals surface area contributed by atoms with Crippen LogP contribution in [0, 0.1) is 0 Å². The van der Waals surface area contributed by atoms with E-state index in [9.17, 15) is 0 Å². The van der Waals surface area contributed by atoms with Crippen molar-refractivity contribution in [1.29, 1.82) is 0 Å². The second kappa shape index (κ2) is 3.57. The molecule has 4 nitrogen and oxygen atoms in total. The summed E-state index contributed by atoms with van der Waals surface area (Å²) in [6.07, 6.45) is 4.10. The maximum absolute atomic E-state index is 3.89. The molecular formula is C8H10N4S. The zero-order valence-corrected chi connectivity index (χ0v) is 8.08. The van der Waals surface area contributed by atoms with Gasteiger partial charge in [-0.1, -0.05) is 11.3 Å². The van der Waals surface area contributed by atoms with Crippen LogP contribution in [-0.4, -0.2) is 14.8 Å². The first kappa shape index (κ1) is 8.25. The summed E-state index contributed by atoms with van der Waals surface area (Å²) in [5.41, 5.74) is 2.96. The first-order chi connectivity index (χ1) is 6.34. The molecule has 0 amide bonds. The van der Waals surface area contributed by atoms with Gasteiger partial charge in [0.1, 0.15) is 5.51 Å². The normalized spacial score (nSPS) is 10.2. The number of aryl methyl sites for hydroxylation is 1. The van der Waals surface area contributed by atoms with Crippen molar-refractivity contribution in [2.24, 2.45) is 7.05 Å². The Kier molecular flexibility index (Phi) is 2.27. The van der Waals surface area contributed by atoms with Crippen molar-refractivity contribution >= 4 is 16.5 Å². The van der Waals surface area contributed by atoms with E-state index in [0.717, 1.165) is 11.7 Å². The van der Waals surface area contributed by atoms with Gasteiger partial charge in [0.05, 0.1) is 0 Å². The van der Waals surface area contributed by atoms with Gasteiger partial charge < -0.3 is 9.88 Å². The number of nitrogens with one attached hydrogen (secondary N) is 1. The summed E-state index contributed by atoms with van der Waals surface area (Å²) in [5.74, 6) is 0. The van der Waals surface area contributed by atoms with Gasteiger partial charge in [-0.05, 0) is 11.6 Å².